The zero-order valence-electron chi connectivity index (χ0n) is 13.2. The first-order valence-electron chi connectivity index (χ1n) is 7.52. The Morgan fingerprint density at radius 3 is 2.60 bits per heavy atom. The van der Waals surface area contributed by atoms with Crippen LogP contribution in [0.25, 0.3) is 10.6 Å². The number of nitrogens with one attached hydrogen (secondary N) is 1. The van der Waals surface area contributed by atoms with Gasteiger partial charge in [0.25, 0.3) is 5.91 Å². The number of halogens is 1. The highest BCUT2D eigenvalue weighted by atomic mass is 32.1. The van der Waals surface area contributed by atoms with Gasteiger partial charge in [-0.1, -0.05) is 12.7 Å². The zero-order chi connectivity index (χ0) is 17.6. The van der Waals surface area contributed by atoms with E-state index in [0.717, 1.165) is 16.3 Å². The van der Waals surface area contributed by atoms with Gasteiger partial charge in [-0.05, 0) is 48.5 Å². The number of thiazole rings is 1. The lowest BCUT2D eigenvalue weighted by Gasteiger charge is -2.04. The van der Waals surface area contributed by atoms with Crippen LogP contribution in [0.5, 0.6) is 5.75 Å². The first-order valence-corrected chi connectivity index (χ1v) is 8.40. The summed E-state index contributed by atoms with van der Waals surface area (Å²) >= 11 is 1.38. The molecule has 0 aliphatic carbocycles. The maximum absolute atomic E-state index is 12.9. The number of nitrogens with zero attached hydrogens (tertiary/aromatic N) is 1. The summed E-state index contributed by atoms with van der Waals surface area (Å²) in [6.45, 7) is 4.05. The second-order valence-corrected chi connectivity index (χ2v) is 5.98. The van der Waals surface area contributed by atoms with Crippen molar-refractivity contribution >= 4 is 22.9 Å². The van der Waals surface area contributed by atoms with Crippen molar-refractivity contribution in [3.63, 3.8) is 0 Å². The van der Waals surface area contributed by atoms with Crippen LogP contribution < -0.4 is 10.1 Å². The summed E-state index contributed by atoms with van der Waals surface area (Å²) in [4.78, 5) is 16.6. The minimum atomic E-state index is -0.352. The highest BCUT2D eigenvalue weighted by molar-refractivity contribution is 7.13. The molecule has 3 rings (SSSR count). The predicted molar refractivity (Wildman–Crippen MR) is 97.6 cm³/mol. The Morgan fingerprint density at radius 2 is 1.92 bits per heavy atom. The summed E-state index contributed by atoms with van der Waals surface area (Å²) in [7, 11) is 0. The molecule has 0 bridgehead atoms. The van der Waals surface area contributed by atoms with E-state index in [4.69, 9.17) is 4.74 Å². The largest absolute Gasteiger partial charge is 0.490 e. The quantitative estimate of drug-likeness (QED) is 0.649. The summed E-state index contributed by atoms with van der Waals surface area (Å²) in [5.74, 6) is 0.0592. The number of anilines is 1. The van der Waals surface area contributed by atoms with Crippen molar-refractivity contribution in [3.05, 3.63) is 78.1 Å². The fourth-order valence-corrected chi connectivity index (χ4v) is 2.89. The Balaban J connectivity index is 1.69. The van der Waals surface area contributed by atoms with Crippen molar-refractivity contribution in [3.8, 4) is 16.3 Å². The molecule has 126 valence electrons. The smallest absolute Gasteiger partial charge is 0.275 e. The second-order valence-electron chi connectivity index (χ2n) is 5.12. The number of aromatic nitrogens is 1. The van der Waals surface area contributed by atoms with E-state index in [-0.39, 0.29) is 11.7 Å². The van der Waals surface area contributed by atoms with E-state index >= 15 is 0 Å². The molecular formula is C19H15FN2O2S. The molecule has 1 heterocycles. The van der Waals surface area contributed by atoms with Gasteiger partial charge in [-0.15, -0.1) is 11.3 Å². The van der Waals surface area contributed by atoms with Gasteiger partial charge in [0.1, 0.15) is 28.9 Å². The molecule has 2 aromatic carbocycles. The Labute approximate surface area is 148 Å². The first kappa shape index (κ1) is 16.9. The van der Waals surface area contributed by atoms with Crippen LogP contribution in [0.2, 0.25) is 0 Å². The van der Waals surface area contributed by atoms with Gasteiger partial charge in [0, 0.05) is 16.6 Å². The minimum absolute atomic E-state index is 0.316. The number of ether oxygens (including phenoxy) is 1. The molecule has 1 aromatic heterocycles. The van der Waals surface area contributed by atoms with Gasteiger partial charge in [-0.25, -0.2) is 9.37 Å². The first-order chi connectivity index (χ1) is 12.2. The van der Waals surface area contributed by atoms with E-state index in [9.17, 15) is 9.18 Å². The lowest BCUT2D eigenvalue weighted by molar-refractivity contribution is 0.102. The van der Waals surface area contributed by atoms with Gasteiger partial charge >= 0.3 is 0 Å². The van der Waals surface area contributed by atoms with Gasteiger partial charge in [-0.2, -0.15) is 0 Å². The minimum Gasteiger partial charge on any atom is -0.490 e. The molecule has 0 aliphatic heterocycles. The van der Waals surface area contributed by atoms with Gasteiger partial charge in [-0.3, -0.25) is 4.79 Å². The molecule has 1 amide bonds. The highest BCUT2D eigenvalue weighted by Crippen LogP contribution is 2.26. The van der Waals surface area contributed by atoms with Gasteiger partial charge in [0.15, 0.2) is 0 Å². The van der Waals surface area contributed by atoms with Gasteiger partial charge < -0.3 is 10.1 Å². The topological polar surface area (TPSA) is 51.2 Å². The summed E-state index contributed by atoms with van der Waals surface area (Å²) < 4.78 is 18.3. The molecule has 0 saturated heterocycles. The molecule has 25 heavy (non-hydrogen) atoms. The zero-order valence-corrected chi connectivity index (χ0v) is 14.1. The molecule has 0 radical (unpaired) electrons. The Kier molecular flexibility index (Phi) is 5.20. The molecule has 0 saturated carbocycles. The van der Waals surface area contributed by atoms with E-state index in [1.807, 2.05) is 24.3 Å². The molecular weight excluding hydrogens is 339 g/mol. The van der Waals surface area contributed by atoms with E-state index in [0.29, 0.717) is 18.0 Å². The van der Waals surface area contributed by atoms with Crippen LogP contribution in [0.15, 0.2) is 66.6 Å². The molecule has 0 aliphatic rings. The van der Waals surface area contributed by atoms with Crippen molar-refractivity contribution in [2.75, 3.05) is 11.9 Å². The molecule has 0 fully saturated rings. The third-order valence-electron chi connectivity index (χ3n) is 3.31. The van der Waals surface area contributed by atoms with Crippen LogP contribution in [0.4, 0.5) is 10.1 Å². The molecule has 0 atom stereocenters. The van der Waals surface area contributed by atoms with E-state index in [2.05, 4.69) is 16.9 Å². The average molecular weight is 354 g/mol. The number of amides is 1. The van der Waals surface area contributed by atoms with Crippen LogP contribution in [0.1, 0.15) is 10.5 Å². The van der Waals surface area contributed by atoms with Crippen LogP contribution in [0, 0.1) is 5.82 Å². The number of hydrogen-bond donors (Lipinski definition) is 1. The van der Waals surface area contributed by atoms with Crippen molar-refractivity contribution in [2.24, 2.45) is 0 Å². The molecule has 0 spiro atoms. The number of carbonyl (C=O) groups excluding carboxylic acids is 1. The Hall–Kier alpha value is -2.99. The molecule has 3 aromatic rings. The van der Waals surface area contributed by atoms with Crippen LogP contribution in [-0.2, 0) is 0 Å². The third kappa shape index (κ3) is 4.30. The molecule has 6 heteroatoms. The van der Waals surface area contributed by atoms with E-state index in [1.54, 1.807) is 11.5 Å². The standard InChI is InChI=1S/C19H15FN2O2S/c1-2-11-24-16-9-3-13(4-10-16)19-22-17(12-25-19)18(23)21-15-7-5-14(20)6-8-15/h2-10,12H,1,11H2,(H,21,23). The second kappa shape index (κ2) is 7.72. The van der Waals surface area contributed by atoms with Gasteiger partial charge in [0.05, 0.1) is 0 Å². The van der Waals surface area contributed by atoms with E-state index < -0.39 is 0 Å². The average Bonchev–Trinajstić information content (AvgIpc) is 3.12. The fraction of sp³-hybridized carbons (Fsp3) is 0.0526. The normalized spacial score (nSPS) is 10.3. The summed E-state index contributed by atoms with van der Waals surface area (Å²) in [5, 5.41) is 5.12. The van der Waals surface area contributed by atoms with Crippen molar-refractivity contribution in [2.45, 2.75) is 0 Å². The summed E-state index contributed by atoms with van der Waals surface area (Å²) in [6.07, 6.45) is 1.68. The number of carbonyl (C=O) groups is 1. The van der Waals surface area contributed by atoms with Crippen LogP contribution in [-0.4, -0.2) is 17.5 Å². The molecule has 4 nitrogen and oxygen atoms in total. The number of hydrogen-bond acceptors (Lipinski definition) is 4. The molecule has 0 unspecified atom stereocenters. The lowest BCUT2D eigenvalue weighted by Crippen LogP contribution is -2.12. The predicted octanol–water partition coefficient (Wildman–Crippen LogP) is 4.77. The Bertz CT molecular complexity index is 873. The summed E-state index contributed by atoms with van der Waals surface area (Å²) in [5.41, 5.74) is 1.73. The SMILES string of the molecule is C=CCOc1ccc(-c2nc(C(=O)Nc3ccc(F)cc3)cs2)cc1. The monoisotopic (exact) mass is 354 g/mol. The van der Waals surface area contributed by atoms with Crippen LogP contribution >= 0.6 is 11.3 Å². The van der Waals surface area contributed by atoms with E-state index in [1.165, 1.54) is 35.6 Å². The Morgan fingerprint density at radius 1 is 1.20 bits per heavy atom. The summed E-state index contributed by atoms with van der Waals surface area (Å²) in [6, 6.07) is 13.1. The maximum Gasteiger partial charge on any atom is 0.275 e. The van der Waals surface area contributed by atoms with Crippen molar-refractivity contribution in [1.29, 1.82) is 0 Å². The maximum atomic E-state index is 12.9. The number of rotatable bonds is 6. The van der Waals surface area contributed by atoms with Crippen molar-refractivity contribution in [1.82, 2.24) is 4.98 Å². The molecule has 1 N–H and O–H groups in total. The van der Waals surface area contributed by atoms with Gasteiger partial charge in [0.2, 0.25) is 0 Å². The third-order valence-corrected chi connectivity index (χ3v) is 4.20. The van der Waals surface area contributed by atoms with Crippen molar-refractivity contribution < 1.29 is 13.9 Å². The number of benzene rings is 2. The lowest BCUT2D eigenvalue weighted by atomic mass is 10.2. The highest BCUT2D eigenvalue weighted by Gasteiger charge is 2.12. The fourth-order valence-electron chi connectivity index (χ4n) is 2.09. The van der Waals surface area contributed by atoms with Crippen LogP contribution in [0.3, 0.4) is 0 Å².